The molecule has 2 aromatic carbocycles. The van der Waals surface area contributed by atoms with E-state index in [4.69, 9.17) is 4.74 Å². The topological polar surface area (TPSA) is 106 Å². The van der Waals surface area contributed by atoms with Gasteiger partial charge in [0.15, 0.2) is 17.0 Å². The first kappa shape index (κ1) is 22.9. The van der Waals surface area contributed by atoms with Gasteiger partial charge in [0.05, 0.1) is 17.7 Å². The minimum atomic E-state index is -3.55. The normalized spacial score (nSPS) is 16.8. The Morgan fingerprint density at radius 1 is 0.917 bits per heavy atom. The highest BCUT2D eigenvalue weighted by Crippen LogP contribution is 2.28. The predicted octanol–water partition coefficient (Wildman–Crippen LogP) is 2.61. The average Bonchev–Trinajstić information content (AvgIpc) is 3.37. The van der Waals surface area contributed by atoms with Gasteiger partial charge in [0.25, 0.3) is 0 Å². The fourth-order valence-electron chi connectivity index (χ4n) is 5.04. The van der Waals surface area contributed by atoms with Gasteiger partial charge in [-0.3, -0.25) is 0 Å². The number of benzene rings is 2. The molecule has 0 unspecified atom stereocenters. The maximum atomic E-state index is 13.4. The largest absolute Gasteiger partial charge is 0.497 e. The van der Waals surface area contributed by atoms with Gasteiger partial charge in [0.1, 0.15) is 12.1 Å². The third kappa shape index (κ3) is 3.97. The van der Waals surface area contributed by atoms with E-state index in [1.807, 2.05) is 41.3 Å². The van der Waals surface area contributed by atoms with Crippen molar-refractivity contribution in [2.45, 2.75) is 30.6 Å². The Kier molecular flexibility index (Phi) is 5.81. The van der Waals surface area contributed by atoms with Gasteiger partial charge in [-0.25, -0.2) is 18.4 Å². The van der Waals surface area contributed by atoms with Gasteiger partial charge in [-0.05, 0) is 61.1 Å². The summed E-state index contributed by atoms with van der Waals surface area (Å²) in [6.45, 7) is 1.74. The van der Waals surface area contributed by atoms with Gasteiger partial charge < -0.3 is 9.64 Å². The van der Waals surface area contributed by atoms with Gasteiger partial charge >= 0.3 is 0 Å². The van der Waals surface area contributed by atoms with E-state index in [9.17, 15) is 8.42 Å². The van der Waals surface area contributed by atoms with Crippen molar-refractivity contribution in [3.8, 4) is 11.4 Å². The summed E-state index contributed by atoms with van der Waals surface area (Å²) in [5.74, 6) is 1.36. The highest BCUT2D eigenvalue weighted by Gasteiger charge is 2.31. The van der Waals surface area contributed by atoms with Crippen molar-refractivity contribution in [3.63, 3.8) is 0 Å². The molecule has 11 heteroatoms. The third-order valence-corrected chi connectivity index (χ3v) is 8.91. The Morgan fingerprint density at radius 3 is 2.53 bits per heavy atom. The first-order chi connectivity index (χ1) is 17.5. The zero-order valence-electron chi connectivity index (χ0n) is 20.0. The summed E-state index contributed by atoms with van der Waals surface area (Å²) in [6, 6.07) is 13.1. The van der Waals surface area contributed by atoms with Crippen molar-refractivity contribution < 1.29 is 13.2 Å². The van der Waals surface area contributed by atoms with Crippen molar-refractivity contribution in [1.82, 2.24) is 29.3 Å². The first-order valence-corrected chi connectivity index (χ1v) is 13.6. The van der Waals surface area contributed by atoms with Crippen molar-refractivity contribution in [3.05, 3.63) is 59.9 Å². The molecule has 0 spiro atoms. The highest BCUT2D eigenvalue weighted by atomic mass is 32.2. The van der Waals surface area contributed by atoms with E-state index < -0.39 is 10.0 Å². The lowest BCUT2D eigenvalue weighted by Gasteiger charge is -2.34. The smallest absolute Gasteiger partial charge is 0.243 e. The molecule has 10 nitrogen and oxygen atoms in total. The van der Waals surface area contributed by atoms with Crippen molar-refractivity contribution >= 4 is 27.0 Å². The van der Waals surface area contributed by atoms with E-state index >= 15 is 0 Å². The highest BCUT2D eigenvalue weighted by molar-refractivity contribution is 7.89. The lowest BCUT2D eigenvalue weighted by atomic mass is 9.92. The Morgan fingerprint density at radius 2 is 1.72 bits per heavy atom. The quantitative estimate of drug-likeness (QED) is 0.408. The molecule has 1 aliphatic heterocycles. The second-order valence-electron chi connectivity index (χ2n) is 9.10. The number of fused-ring (bicyclic) bond motifs is 2. The number of aryl methyl sites for hydroxylation is 2. The van der Waals surface area contributed by atoms with Gasteiger partial charge in [-0.2, -0.15) is 8.99 Å². The molecular weight excluding hydrogens is 478 g/mol. The molecule has 2 aromatic heterocycles. The van der Waals surface area contributed by atoms with Crippen LogP contribution < -0.4 is 9.64 Å². The van der Waals surface area contributed by atoms with E-state index in [-0.39, 0.29) is 0 Å². The Hall–Kier alpha value is -3.57. The van der Waals surface area contributed by atoms with Crippen LogP contribution in [0.25, 0.3) is 16.9 Å². The van der Waals surface area contributed by atoms with Crippen LogP contribution in [0.15, 0.2) is 53.7 Å². The maximum absolute atomic E-state index is 13.4. The van der Waals surface area contributed by atoms with Crippen LogP contribution in [0, 0.1) is 0 Å². The van der Waals surface area contributed by atoms with E-state index in [2.05, 4.69) is 20.3 Å². The lowest BCUT2D eigenvalue weighted by Crippen LogP contribution is -2.49. The number of anilines is 1. The van der Waals surface area contributed by atoms with Gasteiger partial charge in [-0.1, -0.05) is 17.3 Å². The number of hydrogen-bond acceptors (Lipinski definition) is 8. The minimum absolute atomic E-state index is 0.370. The van der Waals surface area contributed by atoms with Crippen molar-refractivity contribution in [2.75, 3.05) is 38.2 Å². The number of sulfonamides is 1. The number of piperazine rings is 1. The molecular formula is C25H27N7O3S. The number of hydrogen-bond donors (Lipinski definition) is 0. The fraction of sp³-hybridized carbons (Fsp3) is 0.360. The summed E-state index contributed by atoms with van der Waals surface area (Å²) in [5.41, 5.74) is 4.38. The average molecular weight is 506 g/mol. The summed E-state index contributed by atoms with van der Waals surface area (Å²) < 4.78 is 35.3. The molecule has 0 saturated carbocycles. The molecule has 3 heterocycles. The standard InChI is InChI=1S/C25H27N7O3S/c1-35-21-8-4-7-20(16-21)32-25-23(28-29-32)24(26-17-27-25)30-11-13-31(14-12-30)36(33,34)22-10-9-18-5-2-3-6-19(18)15-22/h4,7-10,15-17H,2-3,5-6,11-14H2,1H3. The van der Waals surface area contributed by atoms with Crippen molar-refractivity contribution in [2.24, 2.45) is 0 Å². The van der Waals surface area contributed by atoms with E-state index in [0.29, 0.717) is 53.8 Å². The monoisotopic (exact) mass is 505 g/mol. The summed E-state index contributed by atoms with van der Waals surface area (Å²) in [6.07, 6.45) is 5.76. The van der Waals surface area contributed by atoms with Crippen LogP contribution in [0.1, 0.15) is 24.0 Å². The molecule has 1 saturated heterocycles. The number of aromatic nitrogens is 5. The molecule has 186 valence electrons. The molecule has 0 radical (unpaired) electrons. The molecule has 0 N–H and O–H groups in total. The zero-order valence-corrected chi connectivity index (χ0v) is 20.9. The second kappa shape index (κ2) is 9.14. The Balaban J connectivity index is 1.23. The van der Waals surface area contributed by atoms with Crippen LogP contribution in [0.4, 0.5) is 5.82 Å². The first-order valence-electron chi connectivity index (χ1n) is 12.1. The Labute approximate surface area is 209 Å². The SMILES string of the molecule is COc1cccc(-n2nnc3c(N4CCN(S(=O)(=O)c5ccc6c(c5)CCCC6)CC4)ncnc32)c1. The third-order valence-electron chi connectivity index (χ3n) is 7.01. The summed E-state index contributed by atoms with van der Waals surface area (Å²) in [4.78, 5) is 11.3. The van der Waals surface area contributed by atoms with Gasteiger partial charge in [-0.15, -0.1) is 5.10 Å². The number of methoxy groups -OCH3 is 1. The number of nitrogens with zero attached hydrogens (tertiary/aromatic N) is 7. The fourth-order valence-corrected chi connectivity index (χ4v) is 6.52. The van der Waals surface area contributed by atoms with Gasteiger partial charge in [0, 0.05) is 32.2 Å². The molecule has 36 heavy (non-hydrogen) atoms. The molecule has 2 aliphatic rings. The predicted molar refractivity (Wildman–Crippen MR) is 135 cm³/mol. The Bertz CT molecular complexity index is 1530. The van der Waals surface area contributed by atoms with Crippen molar-refractivity contribution in [1.29, 1.82) is 0 Å². The van der Waals surface area contributed by atoms with E-state index in [1.165, 1.54) is 23.9 Å². The number of ether oxygens (including phenoxy) is 1. The lowest BCUT2D eigenvalue weighted by molar-refractivity contribution is 0.384. The minimum Gasteiger partial charge on any atom is -0.497 e. The molecule has 0 atom stereocenters. The van der Waals surface area contributed by atoms with Crippen LogP contribution in [-0.2, 0) is 22.9 Å². The van der Waals surface area contributed by atoms with Crippen LogP contribution >= 0.6 is 0 Å². The molecule has 0 bridgehead atoms. The maximum Gasteiger partial charge on any atom is 0.243 e. The van der Waals surface area contributed by atoms with Crippen LogP contribution in [0.5, 0.6) is 5.75 Å². The van der Waals surface area contributed by atoms with E-state index in [1.54, 1.807) is 22.2 Å². The van der Waals surface area contributed by atoms with Gasteiger partial charge in [0.2, 0.25) is 10.0 Å². The van der Waals surface area contributed by atoms with Crippen LogP contribution in [0.3, 0.4) is 0 Å². The molecule has 4 aromatic rings. The summed E-state index contributed by atoms with van der Waals surface area (Å²) >= 11 is 0. The summed E-state index contributed by atoms with van der Waals surface area (Å²) in [7, 11) is -1.94. The second-order valence-corrected chi connectivity index (χ2v) is 11.0. The molecule has 1 aliphatic carbocycles. The van der Waals surface area contributed by atoms with E-state index in [0.717, 1.165) is 24.9 Å². The number of rotatable bonds is 5. The molecule has 1 fully saturated rings. The van der Waals surface area contributed by atoms with Crippen LogP contribution in [0.2, 0.25) is 0 Å². The van der Waals surface area contributed by atoms with Crippen LogP contribution in [-0.4, -0.2) is 71.0 Å². The molecule has 6 rings (SSSR count). The summed E-state index contributed by atoms with van der Waals surface area (Å²) in [5, 5.41) is 8.66. The molecule has 0 amide bonds. The zero-order chi connectivity index (χ0) is 24.7.